The number of nitrogens with one attached hydrogen (secondary N) is 2. The van der Waals surface area contributed by atoms with Gasteiger partial charge in [0.25, 0.3) is 17.7 Å². The Balaban J connectivity index is 1.56. The first-order valence-electron chi connectivity index (χ1n) is 11.5. The van der Waals surface area contributed by atoms with Crippen LogP contribution in [-0.2, 0) is 14.4 Å². The summed E-state index contributed by atoms with van der Waals surface area (Å²) < 4.78 is 11.6. The third-order valence-corrected chi connectivity index (χ3v) is 6.42. The Morgan fingerprint density at radius 3 is 2.42 bits per heavy atom. The highest BCUT2D eigenvalue weighted by Gasteiger charge is 2.37. The van der Waals surface area contributed by atoms with Gasteiger partial charge in [-0.15, -0.1) is 0 Å². The monoisotopic (exact) mass is 577 g/mol. The number of methoxy groups -OCH3 is 1. The molecule has 194 valence electrons. The summed E-state index contributed by atoms with van der Waals surface area (Å²) in [5.41, 5.74) is 2.98. The second kappa shape index (κ2) is 11.3. The van der Waals surface area contributed by atoms with E-state index >= 15 is 0 Å². The molecule has 0 bridgehead atoms. The molecule has 3 aromatic carbocycles. The van der Waals surface area contributed by atoms with E-state index in [2.05, 4.69) is 26.6 Å². The first kappa shape index (κ1) is 26.6. The van der Waals surface area contributed by atoms with Gasteiger partial charge in [-0.1, -0.05) is 51.8 Å². The fraction of sp³-hybridized carbons (Fsp3) is 0.143. The van der Waals surface area contributed by atoms with E-state index in [1.165, 1.54) is 13.2 Å². The first-order valence-corrected chi connectivity index (χ1v) is 12.3. The largest absolute Gasteiger partial charge is 0.493 e. The van der Waals surface area contributed by atoms with Crippen molar-refractivity contribution >= 4 is 57.1 Å². The summed E-state index contributed by atoms with van der Waals surface area (Å²) in [4.78, 5) is 51.6. The number of amides is 5. The van der Waals surface area contributed by atoms with Crippen molar-refractivity contribution in [1.82, 2.24) is 5.32 Å². The second-order valence-electron chi connectivity index (χ2n) is 8.47. The van der Waals surface area contributed by atoms with Gasteiger partial charge in [-0.2, -0.15) is 0 Å². The van der Waals surface area contributed by atoms with E-state index in [1.807, 2.05) is 19.1 Å². The third kappa shape index (κ3) is 5.76. The zero-order valence-electron chi connectivity index (χ0n) is 20.8. The average Bonchev–Trinajstić information content (AvgIpc) is 2.88. The van der Waals surface area contributed by atoms with Gasteiger partial charge in [0.1, 0.15) is 5.57 Å². The molecule has 1 heterocycles. The fourth-order valence-electron chi connectivity index (χ4n) is 3.76. The standard InChI is InChI=1S/C28H24BrN3O6/c1-16-8-10-19(11-9-16)30-25(33)15-38-24-14-21(29)18(13-23(24)37-3)12-20-26(34)31-28(36)32(27(20)35)22-7-5-4-6-17(22)2/h4-14H,15H2,1-3H3,(H,30,33)(H,31,34,36)/b20-12+. The van der Waals surface area contributed by atoms with Crippen molar-refractivity contribution < 1.29 is 28.7 Å². The number of para-hydroxylation sites is 1. The summed E-state index contributed by atoms with van der Waals surface area (Å²) >= 11 is 3.42. The second-order valence-corrected chi connectivity index (χ2v) is 9.33. The van der Waals surface area contributed by atoms with Crippen LogP contribution in [0.2, 0.25) is 0 Å². The topological polar surface area (TPSA) is 114 Å². The quantitative estimate of drug-likeness (QED) is 0.309. The number of hydrogen-bond acceptors (Lipinski definition) is 6. The summed E-state index contributed by atoms with van der Waals surface area (Å²) in [7, 11) is 1.43. The van der Waals surface area contributed by atoms with E-state index in [1.54, 1.807) is 55.5 Å². The van der Waals surface area contributed by atoms with Gasteiger partial charge in [0.15, 0.2) is 18.1 Å². The third-order valence-electron chi connectivity index (χ3n) is 5.73. The number of rotatable bonds is 7. The minimum atomic E-state index is -0.823. The summed E-state index contributed by atoms with van der Waals surface area (Å²) in [6.45, 7) is 3.44. The van der Waals surface area contributed by atoms with E-state index < -0.39 is 17.8 Å². The Morgan fingerprint density at radius 1 is 1.03 bits per heavy atom. The molecule has 1 aliphatic heterocycles. The van der Waals surface area contributed by atoms with E-state index in [0.717, 1.165) is 10.5 Å². The van der Waals surface area contributed by atoms with Gasteiger partial charge in [-0.25, -0.2) is 9.69 Å². The van der Waals surface area contributed by atoms with Crippen LogP contribution in [0.5, 0.6) is 11.5 Å². The van der Waals surface area contributed by atoms with Crippen LogP contribution in [0.3, 0.4) is 0 Å². The van der Waals surface area contributed by atoms with Crippen LogP contribution in [0.4, 0.5) is 16.2 Å². The van der Waals surface area contributed by atoms with Gasteiger partial charge in [0.2, 0.25) is 0 Å². The fourth-order valence-corrected chi connectivity index (χ4v) is 4.19. The lowest BCUT2D eigenvalue weighted by Gasteiger charge is -2.27. The van der Waals surface area contributed by atoms with Crippen molar-refractivity contribution in [1.29, 1.82) is 0 Å². The van der Waals surface area contributed by atoms with E-state index in [-0.39, 0.29) is 29.6 Å². The van der Waals surface area contributed by atoms with Crippen LogP contribution in [0.1, 0.15) is 16.7 Å². The lowest BCUT2D eigenvalue weighted by molar-refractivity contribution is -0.122. The molecule has 0 atom stereocenters. The number of carbonyl (C=O) groups is 4. The van der Waals surface area contributed by atoms with Crippen LogP contribution < -0.4 is 25.0 Å². The maximum atomic E-state index is 13.2. The highest BCUT2D eigenvalue weighted by atomic mass is 79.9. The molecule has 0 aliphatic carbocycles. The number of barbiturate groups is 1. The molecule has 10 heteroatoms. The van der Waals surface area contributed by atoms with Gasteiger partial charge < -0.3 is 14.8 Å². The summed E-state index contributed by atoms with van der Waals surface area (Å²) in [5.74, 6) is -1.38. The number of imide groups is 2. The average molecular weight is 578 g/mol. The molecule has 0 spiro atoms. The maximum Gasteiger partial charge on any atom is 0.335 e. The number of anilines is 2. The van der Waals surface area contributed by atoms with Crippen molar-refractivity contribution in [3.8, 4) is 11.5 Å². The molecule has 2 N–H and O–H groups in total. The Kier molecular flexibility index (Phi) is 7.92. The smallest absolute Gasteiger partial charge is 0.335 e. The Bertz CT molecular complexity index is 1470. The van der Waals surface area contributed by atoms with E-state index in [0.29, 0.717) is 27.0 Å². The number of halogens is 1. The SMILES string of the molecule is COc1cc(/C=C2\C(=O)NC(=O)N(c3ccccc3C)C2=O)c(Br)cc1OCC(=O)Nc1ccc(C)cc1. The lowest BCUT2D eigenvalue weighted by Crippen LogP contribution is -2.54. The van der Waals surface area contributed by atoms with Gasteiger partial charge in [-0.3, -0.25) is 19.7 Å². The van der Waals surface area contributed by atoms with Gasteiger partial charge in [0, 0.05) is 10.2 Å². The molecule has 4 rings (SSSR count). The molecule has 0 radical (unpaired) electrons. The maximum absolute atomic E-state index is 13.2. The van der Waals surface area contributed by atoms with Crippen LogP contribution in [-0.4, -0.2) is 37.5 Å². The molecule has 5 amide bonds. The predicted octanol–water partition coefficient (Wildman–Crippen LogP) is 4.76. The lowest BCUT2D eigenvalue weighted by atomic mass is 10.1. The molecule has 1 saturated heterocycles. The molecule has 0 aromatic heterocycles. The number of nitrogens with zero attached hydrogens (tertiary/aromatic N) is 1. The zero-order chi connectivity index (χ0) is 27.4. The number of urea groups is 1. The summed E-state index contributed by atoms with van der Waals surface area (Å²) in [5, 5.41) is 4.97. The number of hydrogen-bond donors (Lipinski definition) is 2. The predicted molar refractivity (Wildman–Crippen MR) is 146 cm³/mol. The number of ether oxygens (including phenoxy) is 2. The van der Waals surface area contributed by atoms with Gasteiger partial charge in [-0.05, 0) is 61.4 Å². The molecule has 1 fully saturated rings. The van der Waals surface area contributed by atoms with Crippen LogP contribution in [0.15, 0.2) is 70.7 Å². The molecule has 38 heavy (non-hydrogen) atoms. The van der Waals surface area contributed by atoms with Gasteiger partial charge >= 0.3 is 6.03 Å². The minimum absolute atomic E-state index is 0.234. The summed E-state index contributed by atoms with van der Waals surface area (Å²) in [6.07, 6.45) is 1.36. The highest BCUT2D eigenvalue weighted by molar-refractivity contribution is 9.10. The van der Waals surface area contributed by atoms with Gasteiger partial charge in [0.05, 0.1) is 12.8 Å². The molecule has 3 aromatic rings. The molecule has 9 nitrogen and oxygen atoms in total. The minimum Gasteiger partial charge on any atom is -0.493 e. The van der Waals surface area contributed by atoms with Crippen LogP contribution in [0.25, 0.3) is 6.08 Å². The van der Waals surface area contributed by atoms with Crippen molar-refractivity contribution in [3.05, 3.63) is 87.4 Å². The van der Waals surface area contributed by atoms with Crippen molar-refractivity contribution in [3.63, 3.8) is 0 Å². The molecule has 0 saturated carbocycles. The van der Waals surface area contributed by atoms with Crippen LogP contribution in [0, 0.1) is 13.8 Å². The number of benzene rings is 3. The zero-order valence-corrected chi connectivity index (χ0v) is 22.4. The van der Waals surface area contributed by atoms with Crippen molar-refractivity contribution in [2.75, 3.05) is 23.9 Å². The van der Waals surface area contributed by atoms with Crippen LogP contribution >= 0.6 is 15.9 Å². The Labute approximate surface area is 227 Å². The number of aryl methyl sites for hydroxylation is 2. The molecule has 1 aliphatic rings. The molecule has 0 unspecified atom stereocenters. The highest BCUT2D eigenvalue weighted by Crippen LogP contribution is 2.35. The number of carbonyl (C=O) groups excluding carboxylic acids is 4. The van der Waals surface area contributed by atoms with E-state index in [9.17, 15) is 19.2 Å². The Hall–Kier alpha value is -4.44. The summed E-state index contributed by atoms with van der Waals surface area (Å²) in [6, 6.07) is 16.5. The van der Waals surface area contributed by atoms with Crippen molar-refractivity contribution in [2.45, 2.75) is 13.8 Å². The van der Waals surface area contributed by atoms with Crippen molar-refractivity contribution in [2.24, 2.45) is 0 Å². The first-order chi connectivity index (χ1) is 18.2. The van der Waals surface area contributed by atoms with E-state index in [4.69, 9.17) is 9.47 Å². The molecular formula is C28H24BrN3O6. The molecular weight excluding hydrogens is 554 g/mol. The normalized spacial score (nSPS) is 14.4. The Morgan fingerprint density at radius 2 is 1.74 bits per heavy atom.